The van der Waals surface area contributed by atoms with E-state index >= 15 is 0 Å². The number of hydrogen-bond donors (Lipinski definition) is 0. The van der Waals surface area contributed by atoms with Gasteiger partial charge in [0, 0.05) is 14.1 Å². The van der Waals surface area contributed by atoms with Crippen molar-refractivity contribution < 1.29 is 0 Å². The third-order valence-corrected chi connectivity index (χ3v) is 13.0. The highest BCUT2D eigenvalue weighted by atomic mass is 31.1. The van der Waals surface area contributed by atoms with Crippen molar-refractivity contribution >= 4 is 37.2 Å². The van der Waals surface area contributed by atoms with Gasteiger partial charge in [0.15, 0.2) is 0 Å². The molecule has 0 aromatic heterocycles. The number of hydrogen-bond acceptors (Lipinski definition) is 1. The van der Waals surface area contributed by atoms with E-state index in [1.54, 1.807) is 0 Å². The molecule has 0 saturated heterocycles. The molecular formula is C32H35NP2. The van der Waals surface area contributed by atoms with E-state index in [1.807, 2.05) is 0 Å². The summed E-state index contributed by atoms with van der Waals surface area (Å²) in [4.78, 5) is 0. The van der Waals surface area contributed by atoms with Crippen molar-refractivity contribution in [2.24, 2.45) is 5.92 Å². The fraction of sp³-hybridized carbons (Fsp3) is 0.250. The van der Waals surface area contributed by atoms with Gasteiger partial charge in [-0.1, -0.05) is 128 Å². The highest BCUT2D eigenvalue weighted by Crippen LogP contribution is 2.53. The van der Waals surface area contributed by atoms with Crippen LogP contribution in [-0.2, 0) is 0 Å². The zero-order valence-corrected chi connectivity index (χ0v) is 22.5. The number of benzene rings is 4. The second kappa shape index (κ2) is 11.6. The Morgan fingerprint density at radius 2 is 1.00 bits per heavy atom. The predicted octanol–water partition coefficient (Wildman–Crippen LogP) is 6.66. The number of rotatable bonds is 8. The third kappa shape index (κ3) is 5.44. The van der Waals surface area contributed by atoms with E-state index in [9.17, 15) is 0 Å². The second-order valence-corrected chi connectivity index (χ2v) is 14.2. The maximum Gasteiger partial charge on any atom is 0.0281 e. The molecule has 1 saturated carbocycles. The summed E-state index contributed by atoms with van der Waals surface area (Å²) in [6.07, 6.45) is 3.98. The van der Waals surface area contributed by atoms with Gasteiger partial charge in [-0.3, -0.25) is 4.67 Å². The Morgan fingerprint density at radius 1 is 0.600 bits per heavy atom. The third-order valence-electron chi connectivity index (χ3n) is 7.46. The summed E-state index contributed by atoms with van der Waals surface area (Å²) in [5.41, 5.74) is 0.704. The zero-order chi connectivity index (χ0) is 24.0. The van der Waals surface area contributed by atoms with Crippen molar-refractivity contribution in [2.75, 3.05) is 7.05 Å². The minimum atomic E-state index is -0.574. The highest BCUT2D eigenvalue weighted by molar-refractivity contribution is 7.73. The summed E-state index contributed by atoms with van der Waals surface area (Å²) in [5, 5.41) is 5.92. The first-order chi connectivity index (χ1) is 17.2. The van der Waals surface area contributed by atoms with Crippen molar-refractivity contribution in [1.82, 2.24) is 4.67 Å². The molecule has 1 nitrogen and oxygen atoms in total. The summed E-state index contributed by atoms with van der Waals surface area (Å²) < 4.78 is 2.71. The Hall–Kier alpha value is -2.30. The lowest BCUT2D eigenvalue weighted by Crippen LogP contribution is -2.40. The summed E-state index contributed by atoms with van der Waals surface area (Å²) in [6, 6.07) is 45.4. The van der Waals surface area contributed by atoms with Gasteiger partial charge in [-0.2, -0.15) is 0 Å². The Balaban J connectivity index is 1.49. The van der Waals surface area contributed by atoms with Gasteiger partial charge in [0.05, 0.1) is 0 Å². The lowest BCUT2D eigenvalue weighted by atomic mass is 10.00. The Kier molecular flexibility index (Phi) is 8.10. The lowest BCUT2D eigenvalue weighted by molar-refractivity contribution is 0.308. The zero-order valence-electron chi connectivity index (χ0n) is 20.7. The Bertz CT molecular complexity index is 1090. The van der Waals surface area contributed by atoms with E-state index in [2.05, 4.69) is 140 Å². The normalized spacial score (nSPS) is 18.9. The molecule has 0 aliphatic heterocycles. The average Bonchev–Trinajstić information content (AvgIpc) is 3.40. The molecule has 4 aromatic rings. The van der Waals surface area contributed by atoms with Gasteiger partial charge >= 0.3 is 0 Å². The van der Waals surface area contributed by atoms with E-state index in [4.69, 9.17) is 0 Å². The standard InChI is InChI=1S/C32H35NP2/c1-26(33(2)35(29-20-11-5-12-21-29)30-22-13-6-14-23-30)31-24-15-25-32(31)34(27-16-7-3-8-17-27)28-18-9-4-10-19-28/h3-14,16-23,26,31-32H,15,24-25H2,1-2H3/t26-,31?,32+/m1/s1. The molecule has 0 bridgehead atoms. The van der Waals surface area contributed by atoms with Crippen LogP contribution in [0.1, 0.15) is 26.2 Å². The quantitative estimate of drug-likeness (QED) is 0.247. The smallest absolute Gasteiger partial charge is 0.0281 e. The van der Waals surface area contributed by atoms with Crippen molar-refractivity contribution in [3.63, 3.8) is 0 Å². The molecule has 1 unspecified atom stereocenters. The van der Waals surface area contributed by atoms with Gasteiger partial charge in [0.2, 0.25) is 0 Å². The summed E-state index contributed by atoms with van der Waals surface area (Å²) in [5.74, 6) is 0.684. The van der Waals surface area contributed by atoms with Gasteiger partial charge in [0.1, 0.15) is 0 Å². The van der Waals surface area contributed by atoms with Crippen LogP contribution in [-0.4, -0.2) is 23.4 Å². The van der Waals surface area contributed by atoms with Crippen molar-refractivity contribution in [1.29, 1.82) is 0 Å². The van der Waals surface area contributed by atoms with Crippen LogP contribution in [0.2, 0.25) is 0 Å². The predicted molar refractivity (Wildman–Crippen MR) is 156 cm³/mol. The SMILES string of the molecule is C[C@H](C1CCC[C@@H]1P(c1ccccc1)c1ccccc1)N(C)P(c1ccccc1)c1ccccc1. The van der Waals surface area contributed by atoms with Crippen LogP contribution < -0.4 is 21.2 Å². The van der Waals surface area contributed by atoms with E-state index in [0.717, 1.165) is 0 Å². The monoisotopic (exact) mass is 495 g/mol. The van der Waals surface area contributed by atoms with Crippen LogP contribution >= 0.6 is 16.0 Å². The average molecular weight is 496 g/mol. The molecule has 5 rings (SSSR count). The Labute approximate surface area is 213 Å². The minimum absolute atomic E-state index is 0.396. The molecular weight excluding hydrogens is 460 g/mol. The first-order valence-electron chi connectivity index (χ1n) is 12.8. The molecule has 0 radical (unpaired) electrons. The first-order valence-corrected chi connectivity index (χ1v) is 15.5. The molecule has 0 spiro atoms. The van der Waals surface area contributed by atoms with Gasteiger partial charge in [-0.15, -0.1) is 0 Å². The van der Waals surface area contributed by atoms with Crippen LogP contribution in [0.5, 0.6) is 0 Å². The van der Waals surface area contributed by atoms with Crippen LogP contribution in [0, 0.1) is 5.92 Å². The number of nitrogens with zero attached hydrogens (tertiary/aromatic N) is 1. The van der Waals surface area contributed by atoms with Gasteiger partial charge in [0.25, 0.3) is 0 Å². The van der Waals surface area contributed by atoms with Crippen LogP contribution in [0.3, 0.4) is 0 Å². The summed E-state index contributed by atoms with van der Waals surface area (Å²) in [6.45, 7) is 2.49. The maximum absolute atomic E-state index is 2.71. The Morgan fingerprint density at radius 3 is 1.43 bits per heavy atom. The highest BCUT2D eigenvalue weighted by Gasteiger charge is 2.40. The van der Waals surface area contributed by atoms with Crippen molar-refractivity contribution in [3.05, 3.63) is 121 Å². The van der Waals surface area contributed by atoms with E-state index in [-0.39, 0.29) is 0 Å². The van der Waals surface area contributed by atoms with E-state index in [1.165, 1.54) is 40.5 Å². The second-order valence-electron chi connectivity index (χ2n) is 9.50. The first kappa shape index (κ1) is 24.4. The summed E-state index contributed by atoms with van der Waals surface area (Å²) in [7, 11) is 1.40. The molecule has 3 atom stereocenters. The van der Waals surface area contributed by atoms with Gasteiger partial charge in [-0.05, 0) is 67.5 Å². The molecule has 178 valence electrons. The van der Waals surface area contributed by atoms with Crippen LogP contribution in [0.4, 0.5) is 0 Å². The lowest BCUT2D eigenvalue weighted by Gasteiger charge is -2.40. The summed E-state index contributed by atoms with van der Waals surface area (Å²) >= 11 is 0. The molecule has 0 heterocycles. The molecule has 3 heteroatoms. The maximum atomic E-state index is 2.71. The van der Waals surface area contributed by atoms with Gasteiger partial charge < -0.3 is 0 Å². The van der Waals surface area contributed by atoms with E-state index in [0.29, 0.717) is 17.6 Å². The molecule has 0 amide bonds. The largest absolute Gasteiger partial charge is 0.275 e. The molecule has 4 aromatic carbocycles. The topological polar surface area (TPSA) is 3.24 Å². The van der Waals surface area contributed by atoms with Gasteiger partial charge in [-0.25, -0.2) is 0 Å². The minimum Gasteiger partial charge on any atom is -0.275 e. The van der Waals surface area contributed by atoms with Crippen LogP contribution in [0.25, 0.3) is 0 Å². The molecule has 0 N–H and O–H groups in total. The van der Waals surface area contributed by atoms with Crippen molar-refractivity contribution in [3.8, 4) is 0 Å². The molecule has 1 aliphatic carbocycles. The fourth-order valence-electron chi connectivity index (χ4n) is 5.67. The fourth-order valence-corrected chi connectivity index (χ4v) is 11.4. The van der Waals surface area contributed by atoms with E-state index < -0.39 is 16.0 Å². The van der Waals surface area contributed by atoms with Crippen LogP contribution in [0.15, 0.2) is 121 Å². The molecule has 1 fully saturated rings. The molecule has 35 heavy (non-hydrogen) atoms. The van der Waals surface area contributed by atoms with Crippen molar-refractivity contribution in [2.45, 2.75) is 37.9 Å². The molecule has 1 aliphatic rings.